The summed E-state index contributed by atoms with van der Waals surface area (Å²) in [5, 5.41) is 22.3. The number of nitriles is 1. The Morgan fingerprint density at radius 1 is 1.47 bits per heavy atom. The SMILES string of the molecule is CN(CCC(=O)O)CCC(=O)Nc1sccc1C#N. The summed E-state index contributed by atoms with van der Waals surface area (Å²) in [4.78, 5) is 23.8. The van der Waals surface area contributed by atoms with Crippen molar-refractivity contribution in [3.63, 3.8) is 0 Å². The lowest BCUT2D eigenvalue weighted by Gasteiger charge is -2.14. The highest BCUT2D eigenvalue weighted by atomic mass is 32.1. The van der Waals surface area contributed by atoms with Crippen LogP contribution in [-0.2, 0) is 9.59 Å². The maximum absolute atomic E-state index is 11.7. The number of carboxylic acid groups (broad SMARTS) is 1. The molecule has 1 rings (SSSR count). The summed E-state index contributed by atoms with van der Waals surface area (Å²) in [6.45, 7) is 0.886. The van der Waals surface area contributed by atoms with Crippen LogP contribution in [-0.4, -0.2) is 42.0 Å². The van der Waals surface area contributed by atoms with E-state index in [4.69, 9.17) is 10.4 Å². The van der Waals surface area contributed by atoms with E-state index in [0.717, 1.165) is 0 Å². The number of nitrogens with one attached hydrogen (secondary N) is 1. The van der Waals surface area contributed by atoms with Crippen LogP contribution >= 0.6 is 11.3 Å². The van der Waals surface area contributed by atoms with Crippen molar-refractivity contribution >= 4 is 28.2 Å². The predicted molar refractivity (Wildman–Crippen MR) is 72.0 cm³/mol. The molecule has 1 aromatic heterocycles. The van der Waals surface area contributed by atoms with Gasteiger partial charge >= 0.3 is 5.97 Å². The molecule has 0 bridgehead atoms. The Bertz CT molecular complexity index is 493. The van der Waals surface area contributed by atoms with Crippen LogP contribution in [0.4, 0.5) is 5.00 Å². The first-order valence-corrected chi connectivity index (χ1v) is 6.58. The number of thiophene rings is 1. The molecule has 0 unspecified atom stereocenters. The van der Waals surface area contributed by atoms with Crippen molar-refractivity contribution in [2.75, 3.05) is 25.5 Å². The molecule has 19 heavy (non-hydrogen) atoms. The van der Waals surface area contributed by atoms with E-state index < -0.39 is 5.97 Å². The molecule has 1 amide bonds. The molecule has 0 spiro atoms. The van der Waals surface area contributed by atoms with Crippen LogP contribution < -0.4 is 5.32 Å². The van der Waals surface area contributed by atoms with E-state index in [9.17, 15) is 9.59 Å². The van der Waals surface area contributed by atoms with E-state index in [1.165, 1.54) is 11.3 Å². The molecule has 0 aromatic carbocycles. The molecular weight excluding hydrogens is 266 g/mol. The fourth-order valence-corrected chi connectivity index (χ4v) is 2.13. The van der Waals surface area contributed by atoms with E-state index in [0.29, 0.717) is 23.7 Å². The molecule has 0 saturated heterocycles. The highest BCUT2D eigenvalue weighted by Gasteiger charge is 2.09. The van der Waals surface area contributed by atoms with Gasteiger partial charge in [-0.25, -0.2) is 0 Å². The smallest absolute Gasteiger partial charge is 0.304 e. The number of carbonyl (C=O) groups excluding carboxylic acids is 1. The molecule has 0 atom stereocenters. The molecular formula is C12H15N3O3S. The molecule has 0 fully saturated rings. The average Bonchev–Trinajstić information content (AvgIpc) is 2.81. The molecule has 102 valence electrons. The lowest BCUT2D eigenvalue weighted by Crippen LogP contribution is -2.26. The van der Waals surface area contributed by atoms with Crippen LogP contribution in [0, 0.1) is 11.3 Å². The van der Waals surface area contributed by atoms with Gasteiger partial charge in [0.15, 0.2) is 0 Å². The van der Waals surface area contributed by atoms with Gasteiger partial charge in [-0.15, -0.1) is 11.3 Å². The van der Waals surface area contributed by atoms with Gasteiger partial charge in [0.05, 0.1) is 12.0 Å². The van der Waals surface area contributed by atoms with E-state index in [2.05, 4.69) is 5.32 Å². The zero-order valence-corrected chi connectivity index (χ0v) is 11.4. The Balaban J connectivity index is 2.32. The number of carbonyl (C=O) groups is 2. The molecule has 1 aromatic rings. The third-order valence-electron chi connectivity index (χ3n) is 2.47. The van der Waals surface area contributed by atoms with Gasteiger partial charge in [-0.2, -0.15) is 5.26 Å². The molecule has 1 heterocycles. The number of carboxylic acids is 1. The topological polar surface area (TPSA) is 93.4 Å². The maximum Gasteiger partial charge on any atom is 0.304 e. The van der Waals surface area contributed by atoms with E-state index in [1.54, 1.807) is 23.4 Å². The van der Waals surface area contributed by atoms with Gasteiger partial charge in [0.1, 0.15) is 11.1 Å². The van der Waals surface area contributed by atoms with Crippen LogP contribution in [0.15, 0.2) is 11.4 Å². The van der Waals surface area contributed by atoms with Crippen molar-refractivity contribution in [3.8, 4) is 6.07 Å². The van der Waals surface area contributed by atoms with E-state index in [-0.39, 0.29) is 18.7 Å². The number of rotatable bonds is 7. The second kappa shape index (κ2) is 7.51. The number of hydrogen-bond acceptors (Lipinski definition) is 5. The molecule has 7 heteroatoms. The van der Waals surface area contributed by atoms with Crippen LogP contribution in [0.1, 0.15) is 18.4 Å². The zero-order valence-electron chi connectivity index (χ0n) is 10.5. The first-order valence-electron chi connectivity index (χ1n) is 5.70. The quantitative estimate of drug-likeness (QED) is 0.787. The number of hydrogen-bond donors (Lipinski definition) is 2. The lowest BCUT2D eigenvalue weighted by atomic mass is 10.3. The Morgan fingerprint density at radius 3 is 2.79 bits per heavy atom. The minimum Gasteiger partial charge on any atom is -0.481 e. The van der Waals surface area contributed by atoms with Crippen molar-refractivity contribution in [2.45, 2.75) is 12.8 Å². The van der Waals surface area contributed by atoms with Crippen molar-refractivity contribution in [1.29, 1.82) is 5.26 Å². The van der Waals surface area contributed by atoms with Crippen LogP contribution in [0.2, 0.25) is 0 Å². The number of anilines is 1. The van der Waals surface area contributed by atoms with Crippen molar-refractivity contribution in [1.82, 2.24) is 4.90 Å². The van der Waals surface area contributed by atoms with Gasteiger partial charge in [0.2, 0.25) is 5.91 Å². The molecule has 0 aliphatic heterocycles. The standard InChI is InChI=1S/C12H15N3O3S/c1-15(6-3-11(17)18)5-2-10(16)14-12-9(8-13)4-7-19-12/h4,7H,2-3,5-6H2,1H3,(H,14,16)(H,17,18). The summed E-state index contributed by atoms with van der Waals surface area (Å²) in [5.74, 6) is -1.03. The fraction of sp³-hybridized carbons (Fsp3) is 0.417. The highest BCUT2D eigenvalue weighted by molar-refractivity contribution is 7.14. The Kier molecular flexibility index (Phi) is 5.99. The van der Waals surface area contributed by atoms with Gasteiger partial charge in [0.25, 0.3) is 0 Å². The summed E-state index contributed by atoms with van der Waals surface area (Å²) < 4.78 is 0. The molecule has 0 radical (unpaired) electrons. The van der Waals surface area contributed by atoms with E-state index >= 15 is 0 Å². The monoisotopic (exact) mass is 281 g/mol. The van der Waals surface area contributed by atoms with Crippen LogP contribution in [0.25, 0.3) is 0 Å². The normalized spacial score (nSPS) is 10.2. The first kappa shape index (κ1) is 15.1. The van der Waals surface area contributed by atoms with Gasteiger partial charge in [-0.3, -0.25) is 9.59 Å². The van der Waals surface area contributed by atoms with E-state index in [1.807, 2.05) is 6.07 Å². The van der Waals surface area contributed by atoms with Crippen LogP contribution in [0.3, 0.4) is 0 Å². The number of nitrogens with zero attached hydrogens (tertiary/aromatic N) is 2. The Morgan fingerprint density at radius 2 is 2.16 bits per heavy atom. The first-order chi connectivity index (χ1) is 9.02. The van der Waals surface area contributed by atoms with Crippen molar-refractivity contribution in [3.05, 3.63) is 17.0 Å². The third-order valence-corrected chi connectivity index (χ3v) is 3.30. The Hall–Kier alpha value is -1.91. The molecule has 0 saturated carbocycles. The predicted octanol–water partition coefficient (Wildman–Crippen LogP) is 1.35. The molecule has 0 aliphatic carbocycles. The lowest BCUT2D eigenvalue weighted by molar-refractivity contribution is -0.137. The summed E-state index contributed by atoms with van der Waals surface area (Å²) in [7, 11) is 1.77. The largest absolute Gasteiger partial charge is 0.481 e. The minimum atomic E-state index is -0.853. The Labute approximate surface area is 115 Å². The molecule has 2 N–H and O–H groups in total. The summed E-state index contributed by atoms with van der Waals surface area (Å²) in [6.07, 6.45) is 0.320. The highest BCUT2D eigenvalue weighted by Crippen LogP contribution is 2.22. The maximum atomic E-state index is 11.7. The van der Waals surface area contributed by atoms with Crippen molar-refractivity contribution < 1.29 is 14.7 Å². The summed E-state index contributed by atoms with van der Waals surface area (Å²) >= 11 is 1.31. The van der Waals surface area contributed by atoms with Crippen molar-refractivity contribution in [2.24, 2.45) is 0 Å². The number of aliphatic carboxylic acids is 1. The fourth-order valence-electron chi connectivity index (χ4n) is 1.37. The van der Waals surface area contributed by atoms with Gasteiger partial charge in [-0.05, 0) is 18.5 Å². The van der Waals surface area contributed by atoms with Crippen LogP contribution in [0.5, 0.6) is 0 Å². The van der Waals surface area contributed by atoms with Gasteiger partial charge < -0.3 is 15.3 Å². The second-order valence-corrected chi connectivity index (χ2v) is 4.94. The minimum absolute atomic E-state index is 0.0572. The average molecular weight is 281 g/mol. The molecule has 0 aliphatic rings. The number of amides is 1. The van der Waals surface area contributed by atoms with Gasteiger partial charge in [0, 0.05) is 19.5 Å². The molecule has 6 nitrogen and oxygen atoms in total. The zero-order chi connectivity index (χ0) is 14.3. The summed E-state index contributed by atoms with van der Waals surface area (Å²) in [6, 6.07) is 3.65. The second-order valence-electron chi connectivity index (χ2n) is 4.02. The van der Waals surface area contributed by atoms with Gasteiger partial charge in [-0.1, -0.05) is 0 Å². The summed E-state index contributed by atoms with van der Waals surface area (Å²) in [5.41, 5.74) is 0.456. The third kappa shape index (κ3) is 5.50.